The van der Waals surface area contributed by atoms with Gasteiger partial charge >= 0.3 is 5.69 Å². The summed E-state index contributed by atoms with van der Waals surface area (Å²) >= 11 is 7.69. The van der Waals surface area contributed by atoms with E-state index in [1.54, 1.807) is 0 Å². The molecule has 2 rings (SSSR count). The fourth-order valence-electron chi connectivity index (χ4n) is 1.97. The highest BCUT2D eigenvalue weighted by Gasteiger charge is 2.30. The van der Waals surface area contributed by atoms with Crippen LogP contribution in [0.25, 0.3) is 0 Å². The fourth-order valence-corrected chi connectivity index (χ4v) is 3.27. The van der Waals surface area contributed by atoms with E-state index in [1.165, 1.54) is 6.33 Å². The summed E-state index contributed by atoms with van der Waals surface area (Å²) in [5.74, 6) is 1.23. The highest BCUT2D eigenvalue weighted by molar-refractivity contribution is 8.00. The van der Waals surface area contributed by atoms with Gasteiger partial charge in [0.15, 0.2) is 0 Å². The van der Waals surface area contributed by atoms with Crippen LogP contribution in [0.3, 0.4) is 0 Å². The number of nitrogens with zero attached hydrogens (tertiary/aromatic N) is 4. The average Bonchev–Trinajstić information content (AvgIpc) is 2.49. The van der Waals surface area contributed by atoms with Crippen LogP contribution in [0.2, 0.25) is 5.15 Å². The van der Waals surface area contributed by atoms with Crippen LogP contribution >= 0.6 is 23.4 Å². The molecular formula is C11H15ClN4O2S. The molecule has 1 aliphatic heterocycles. The Balaban J connectivity index is 2.32. The van der Waals surface area contributed by atoms with Gasteiger partial charge < -0.3 is 4.90 Å². The van der Waals surface area contributed by atoms with Gasteiger partial charge in [-0.15, -0.1) is 0 Å². The van der Waals surface area contributed by atoms with E-state index in [0.29, 0.717) is 5.82 Å². The second-order valence-corrected chi connectivity index (χ2v) is 7.10. The Hall–Kier alpha value is -1.08. The zero-order chi connectivity index (χ0) is 14.0. The number of halogens is 1. The highest BCUT2D eigenvalue weighted by Crippen LogP contribution is 2.36. The maximum atomic E-state index is 11.1. The minimum absolute atomic E-state index is 0.105. The molecule has 1 aromatic heterocycles. The Morgan fingerprint density at radius 3 is 2.89 bits per heavy atom. The lowest BCUT2D eigenvalue weighted by atomic mass is 10.1. The predicted molar refractivity (Wildman–Crippen MR) is 77.1 cm³/mol. The number of nitro groups is 1. The van der Waals surface area contributed by atoms with Gasteiger partial charge in [-0.2, -0.15) is 11.8 Å². The van der Waals surface area contributed by atoms with Crippen molar-refractivity contribution in [1.82, 2.24) is 9.97 Å². The van der Waals surface area contributed by atoms with Crippen LogP contribution in [0.4, 0.5) is 11.5 Å². The van der Waals surface area contributed by atoms with E-state index in [9.17, 15) is 10.1 Å². The molecule has 0 bridgehead atoms. The number of hydrogen-bond acceptors (Lipinski definition) is 6. The molecule has 0 amide bonds. The third-order valence-corrected chi connectivity index (χ3v) is 4.73. The quantitative estimate of drug-likeness (QED) is 0.475. The summed E-state index contributed by atoms with van der Waals surface area (Å²) in [7, 11) is 0. The van der Waals surface area contributed by atoms with Crippen molar-refractivity contribution in [3.63, 3.8) is 0 Å². The molecule has 0 aliphatic carbocycles. The van der Waals surface area contributed by atoms with E-state index in [4.69, 9.17) is 11.6 Å². The van der Waals surface area contributed by atoms with Crippen LogP contribution < -0.4 is 4.90 Å². The molecule has 1 aromatic rings. The standard InChI is InChI=1S/C11H15ClN4O2S/c1-11(2)3-4-15(5-6-19-11)10-8(16(17)18)9(12)13-7-14-10/h7H,3-6H2,1-2H3. The minimum Gasteiger partial charge on any atom is -0.350 e. The largest absolute Gasteiger partial charge is 0.350 e. The lowest BCUT2D eigenvalue weighted by Gasteiger charge is -2.23. The molecule has 0 saturated carbocycles. The van der Waals surface area contributed by atoms with Crippen molar-refractivity contribution in [2.45, 2.75) is 25.0 Å². The number of rotatable bonds is 2. The summed E-state index contributed by atoms with van der Waals surface area (Å²) in [6, 6.07) is 0. The molecule has 8 heteroatoms. The molecule has 0 unspecified atom stereocenters. The summed E-state index contributed by atoms with van der Waals surface area (Å²) in [5.41, 5.74) is -0.200. The summed E-state index contributed by atoms with van der Waals surface area (Å²) in [5, 5.41) is 11.0. The Kier molecular flexibility index (Phi) is 4.15. The van der Waals surface area contributed by atoms with Crippen molar-refractivity contribution in [3.05, 3.63) is 21.6 Å². The number of aromatic nitrogens is 2. The van der Waals surface area contributed by atoms with Crippen molar-refractivity contribution in [2.24, 2.45) is 0 Å². The molecule has 0 atom stereocenters. The van der Waals surface area contributed by atoms with Crippen LogP contribution in [0, 0.1) is 10.1 Å². The number of anilines is 1. The van der Waals surface area contributed by atoms with Gasteiger partial charge in [-0.1, -0.05) is 25.4 Å². The first-order valence-electron chi connectivity index (χ1n) is 5.94. The van der Waals surface area contributed by atoms with Gasteiger partial charge in [0, 0.05) is 23.6 Å². The summed E-state index contributed by atoms with van der Waals surface area (Å²) < 4.78 is 0.181. The molecule has 0 spiro atoms. The maximum Gasteiger partial charge on any atom is 0.348 e. The second-order valence-electron chi connectivity index (χ2n) is 4.94. The smallest absolute Gasteiger partial charge is 0.348 e. The molecule has 0 aromatic carbocycles. The Morgan fingerprint density at radius 1 is 1.47 bits per heavy atom. The van der Waals surface area contributed by atoms with Crippen molar-refractivity contribution in [2.75, 3.05) is 23.7 Å². The van der Waals surface area contributed by atoms with E-state index < -0.39 is 4.92 Å². The van der Waals surface area contributed by atoms with E-state index >= 15 is 0 Å². The first-order chi connectivity index (χ1) is 8.91. The highest BCUT2D eigenvalue weighted by atomic mass is 35.5. The first-order valence-corrected chi connectivity index (χ1v) is 7.31. The zero-order valence-corrected chi connectivity index (χ0v) is 12.4. The van der Waals surface area contributed by atoms with Crippen molar-refractivity contribution >= 4 is 34.9 Å². The normalized spacial score (nSPS) is 19.0. The number of hydrogen-bond donors (Lipinski definition) is 0. The van der Waals surface area contributed by atoms with Crippen LogP contribution in [0.5, 0.6) is 0 Å². The van der Waals surface area contributed by atoms with Crippen LogP contribution in [-0.4, -0.2) is 38.5 Å². The fraction of sp³-hybridized carbons (Fsp3) is 0.636. The maximum absolute atomic E-state index is 11.1. The van der Waals surface area contributed by atoms with Gasteiger partial charge in [-0.05, 0) is 6.42 Å². The van der Waals surface area contributed by atoms with Gasteiger partial charge in [0.2, 0.25) is 11.0 Å². The average molecular weight is 303 g/mol. The topological polar surface area (TPSA) is 72.2 Å². The number of thioether (sulfide) groups is 1. The summed E-state index contributed by atoms with van der Waals surface area (Å²) in [6.07, 6.45) is 2.21. The van der Waals surface area contributed by atoms with Gasteiger partial charge in [0.1, 0.15) is 6.33 Å². The van der Waals surface area contributed by atoms with E-state index in [1.807, 2.05) is 16.7 Å². The third-order valence-electron chi connectivity index (χ3n) is 3.08. The van der Waals surface area contributed by atoms with Gasteiger partial charge in [-0.25, -0.2) is 9.97 Å². The molecule has 104 valence electrons. The zero-order valence-electron chi connectivity index (χ0n) is 10.8. The molecule has 1 fully saturated rings. The van der Waals surface area contributed by atoms with Crippen LogP contribution in [0.15, 0.2) is 6.33 Å². The van der Waals surface area contributed by atoms with Crippen molar-refractivity contribution in [3.8, 4) is 0 Å². The second kappa shape index (κ2) is 5.50. The lowest BCUT2D eigenvalue weighted by molar-refractivity contribution is -0.384. The summed E-state index contributed by atoms with van der Waals surface area (Å²) in [4.78, 5) is 20.3. The van der Waals surface area contributed by atoms with Gasteiger partial charge in [-0.3, -0.25) is 10.1 Å². The Morgan fingerprint density at radius 2 is 2.21 bits per heavy atom. The van der Waals surface area contributed by atoms with E-state index in [0.717, 1.165) is 25.3 Å². The molecule has 0 N–H and O–H groups in total. The first kappa shape index (κ1) is 14.3. The van der Waals surface area contributed by atoms with E-state index in [-0.39, 0.29) is 15.6 Å². The molecule has 6 nitrogen and oxygen atoms in total. The molecular weight excluding hydrogens is 288 g/mol. The molecule has 19 heavy (non-hydrogen) atoms. The lowest BCUT2D eigenvalue weighted by Crippen LogP contribution is -2.28. The van der Waals surface area contributed by atoms with Crippen LogP contribution in [-0.2, 0) is 0 Å². The van der Waals surface area contributed by atoms with E-state index in [2.05, 4.69) is 23.8 Å². The Bertz CT molecular complexity index is 498. The molecule has 1 aliphatic rings. The monoisotopic (exact) mass is 302 g/mol. The predicted octanol–water partition coefficient (Wildman–Crippen LogP) is 2.76. The minimum atomic E-state index is -0.513. The molecule has 0 radical (unpaired) electrons. The van der Waals surface area contributed by atoms with Gasteiger partial charge in [0.05, 0.1) is 4.92 Å². The molecule has 1 saturated heterocycles. The van der Waals surface area contributed by atoms with Crippen molar-refractivity contribution in [1.29, 1.82) is 0 Å². The SMILES string of the molecule is CC1(C)CCN(c2ncnc(Cl)c2[N+](=O)[O-])CCS1. The van der Waals surface area contributed by atoms with Crippen LogP contribution in [0.1, 0.15) is 20.3 Å². The molecule has 2 heterocycles. The Labute approximate surface area is 120 Å². The van der Waals surface area contributed by atoms with Gasteiger partial charge in [0.25, 0.3) is 0 Å². The third kappa shape index (κ3) is 3.27. The summed E-state index contributed by atoms with van der Waals surface area (Å²) in [6.45, 7) is 5.82. The van der Waals surface area contributed by atoms with Crippen molar-refractivity contribution < 1.29 is 4.92 Å².